The summed E-state index contributed by atoms with van der Waals surface area (Å²) in [5.41, 5.74) is 2.03. The molecular weight excluding hydrogens is 479 g/mol. The van der Waals surface area contributed by atoms with Gasteiger partial charge in [0, 0.05) is 36.6 Å². The number of halogens is 2. The number of carbonyl (C=O) groups is 2. The minimum atomic E-state index is -0.228. The summed E-state index contributed by atoms with van der Waals surface area (Å²) >= 11 is 13.4. The lowest BCUT2D eigenvalue weighted by atomic mass is 10.2. The summed E-state index contributed by atoms with van der Waals surface area (Å²) in [7, 11) is 0. The molecule has 2 aromatic carbocycles. The number of benzene rings is 2. The lowest BCUT2D eigenvalue weighted by Crippen LogP contribution is -2.37. The minimum Gasteiger partial charge on any atom is -0.354 e. The second-order valence-corrected chi connectivity index (χ2v) is 9.30. The first kappa shape index (κ1) is 25.0. The van der Waals surface area contributed by atoms with Crippen LogP contribution in [0.2, 0.25) is 10.0 Å². The highest BCUT2D eigenvalue weighted by Gasteiger charge is 2.21. The average Bonchev–Trinajstić information content (AvgIpc) is 3.27. The number of rotatable bonds is 10. The van der Waals surface area contributed by atoms with E-state index in [4.69, 9.17) is 23.2 Å². The fourth-order valence-corrected chi connectivity index (χ4v) is 4.03. The molecule has 0 aliphatic rings. The lowest BCUT2D eigenvalue weighted by molar-refractivity contribution is -0.121. The van der Waals surface area contributed by atoms with Crippen LogP contribution >= 0.6 is 34.5 Å². The number of thiazole rings is 1. The van der Waals surface area contributed by atoms with Gasteiger partial charge < -0.3 is 15.5 Å². The molecule has 0 saturated heterocycles. The van der Waals surface area contributed by atoms with Crippen molar-refractivity contribution < 1.29 is 9.59 Å². The maximum absolute atomic E-state index is 13.3. The van der Waals surface area contributed by atoms with Gasteiger partial charge in [-0.25, -0.2) is 4.98 Å². The van der Waals surface area contributed by atoms with E-state index >= 15 is 0 Å². The number of nitrogens with one attached hydrogen (secondary N) is 2. The summed E-state index contributed by atoms with van der Waals surface area (Å²) in [5.74, 6) is -0.302. The standard InChI is InChI=1S/C24H26Cl2N4O2S/c1-3-16(2)27-22(31)11-12-30(14-17-7-5-4-6-8-17)23(32)21-15-33-24(29-21)28-18-9-10-19(25)20(26)13-18/h4-10,13,15-16H,3,11-12,14H2,1-2H3,(H,27,31)(H,28,29). The van der Waals surface area contributed by atoms with Crippen LogP contribution in [0.4, 0.5) is 10.8 Å². The lowest BCUT2D eigenvalue weighted by Gasteiger charge is -2.22. The molecular formula is C24H26Cl2N4O2S. The smallest absolute Gasteiger partial charge is 0.273 e. The summed E-state index contributed by atoms with van der Waals surface area (Å²) in [6.45, 7) is 4.66. The summed E-state index contributed by atoms with van der Waals surface area (Å²) in [4.78, 5) is 31.7. The summed E-state index contributed by atoms with van der Waals surface area (Å²) < 4.78 is 0. The maximum atomic E-state index is 13.3. The van der Waals surface area contributed by atoms with Gasteiger partial charge in [0.1, 0.15) is 5.69 Å². The van der Waals surface area contributed by atoms with E-state index < -0.39 is 0 Å². The molecule has 1 atom stereocenters. The van der Waals surface area contributed by atoms with Crippen LogP contribution in [0.15, 0.2) is 53.9 Å². The Labute approximate surface area is 207 Å². The van der Waals surface area contributed by atoms with Crippen molar-refractivity contribution in [1.82, 2.24) is 15.2 Å². The Morgan fingerprint density at radius 1 is 1.12 bits per heavy atom. The molecule has 1 aromatic heterocycles. The Morgan fingerprint density at radius 2 is 1.88 bits per heavy atom. The number of nitrogens with zero attached hydrogens (tertiary/aromatic N) is 2. The zero-order valence-corrected chi connectivity index (χ0v) is 20.8. The van der Waals surface area contributed by atoms with E-state index in [0.717, 1.165) is 17.7 Å². The quantitative estimate of drug-likeness (QED) is 0.347. The van der Waals surface area contributed by atoms with E-state index in [-0.39, 0.29) is 24.3 Å². The molecule has 0 aliphatic heterocycles. The summed E-state index contributed by atoms with van der Waals surface area (Å²) in [6.07, 6.45) is 1.08. The zero-order valence-electron chi connectivity index (χ0n) is 18.5. The van der Waals surface area contributed by atoms with E-state index in [0.29, 0.717) is 34.0 Å². The van der Waals surface area contributed by atoms with Crippen molar-refractivity contribution in [2.24, 2.45) is 0 Å². The van der Waals surface area contributed by atoms with Gasteiger partial charge in [-0.3, -0.25) is 9.59 Å². The second kappa shape index (κ2) is 12.0. The van der Waals surface area contributed by atoms with Gasteiger partial charge in [-0.1, -0.05) is 60.5 Å². The molecule has 0 fully saturated rings. The van der Waals surface area contributed by atoms with Gasteiger partial charge in [-0.15, -0.1) is 11.3 Å². The molecule has 6 nitrogen and oxygen atoms in total. The fourth-order valence-electron chi connectivity index (χ4n) is 3.03. The monoisotopic (exact) mass is 504 g/mol. The van der Waals surface area contributed by atoms with Crippen LogP contribution < -0.4 is 10.6 Å². The van der Waals surface area contributed by atoms with Crippen LogP contribution in [0.1, 0.15) is 42.7 Å². The molecule has 2 N–H and O–H groups in total. The molecule has 2 amide bonds. The Morgan fingerprint density at radius 3 is 2.58 bits per heavy atom. The van der Waals surface area contributed by atoms with Crippen molar-refractivity contribution in [3.8, 4) is 0 Å². The Kier molecular flexibility index (Phi) is 9.11. The van der Waals surface area contributed by atoms with E-state index in [1.807, 2.05) is 44.2 Å². The number of hydrogen-bond acceptors (Lipinski definition) is 5. The Balaban J connectivity index is 1.71. The topological polar surface area (TPSA) is 74.3 Å². The third-order valence-electron chi connectivity index (χ3n) is 5.03. The Bertz CT molecular complexity index is 1090. The van der Waals surface area contributed by atoms with Gasteiger partial charge in [0.15, 0.2) is 5.13 Å². The zero-order chi connectivity index (χ0) is 23.8. The van der Waals surface area contributed by atoms with Crippen molar-refractivity contribution in [3.05, 3.63) is 75.2 Å². The van der Waals surface area contributed by atoms with Gasteiger partial charge in [-0.05, 0) is 37.1 Å². The molecule has 3 rings (SSSR count). The predicted molar refractivity (Wildman–Crippen MR) is 136 cm³/mol. The first-order chi connectivity index (χ1) is 15.9. The number of aromatic nitrogens is 1. The molecule has 3 aromatic rings. The largest absolute Gasteiger partial charge is 0.354 e. The van der Waals surface area contributed by atoms with Crippen molar-refractivity contribution in [1.29, 1.82) is 0 Å². The van der Waals surface area contributed by atoms with Gasteiger partial charge in [0.05, 0.1) is 10.0 Å². The van der Waals surface area contributed by atoms with Crippen molar-refractivity contribution in [2.45, 2.75) is 39.3 Å². The number of amides is 2. The maximum Gasteiger partial charge on any atom is 0.273 e. The minimum absolute atomic E-state index is 0.0736. The van der Waals surface area contributed by atoms with Crippen LogP contribution in [0.3, 0.4) is 0 Å². The molecule has 9 heteroatoms. The van der Waals surface area contributed by atoms with E-state index in [9.17, 15) is 9.59 Å². The predicted octanol–water partition coefficient (Wildman–Crippen LogP) is 6.14. The van der Waals surface area contributed by atoms with Gasteiger partial charge in [0.2, 0.25) is 5.91 Å². The van der Waals surface area contributed by atoms with E-state index in [1.165, 1.54) is 11.3 Å². The van der Waals surface area contributed by atoms with Crippen molar-refractivity contribution in [2.75, 3.05) is 11.9 Å². The third kappa shape index (κ3) is 7.45. The molecule has 0 saturated carbocycles. The summed E-state index contributed by atoms with van der Waals surface area (Å²) in [5, 5.41) is 9.25. The highest BCUT2D eigenvalue weighted by molar-refractivity contribution is 7.14. The molecule has 0 bridgehead atoms. The van der Waals surface area contributed by atoms with Crippen LogP contribution in [-0.2, 0) is 11.3 Å². The van der Waals surface area contributed by atoms with Crippen LogP contribution in [0, 0.1) is 0 Å². The van der Waals surface area contributed by atoms with Crippen molar-refractivity contribution in [3.63, 3.8) is 0 Å². The molecule has 0 radical (unpaired) electrons. The van der Waals surface area contributed by atoms with Crippen molar-refractivity contribution >= 4 is 57.2 Å². The normalized spacial score (nSPS) is 11.6. The van der Waals surface area contributed by atoms with E-state index in [1.54, 1.807) is 28.5 Å². The number of carbonyl (C=O) groups excluding carboxylic acids is 2. The molecule has 174 valence electrons. The fraction of sp³-hybridized carbons (Fsp3) is 0.292. The van der Waals surface area contributed by atoms with E-state index in [2.05, 4.69) is 15.6 Å². The van der Waals surface area contributed by atoms with Crippen LogP contribution in [-0.4, -0.2) is 34.3 Å². The molecule has 33 heavy (non-hydrogen) atoms. The van der Waals surface area contributed by atoms with Gasteiger partial charge >= 0.3 is 0 Å². The third-order valence-corrected chi connectivity index (χ3v) is 6.52. The second-order valence-electron chi connectivity index (χ2n) is 7.63. The Hall–Kier alpha value is -2.61. The van der Waals surface area contributed by atoms with Crippen LogP contribution in [0.25, 0.3) is 0 Å². The SMILES string of the molecule is CCC(C)NC(=O)CCN(Cc1ccccc1)C(=O)c1csc(Nc2ccc(Cl)c(Cl)c2)n1. The molecule has 0 aliphatic carbocycles. The first-order valence-corrected chi connectivity index (χ1v) is 12.3. The first-order valence-electron chi connectivity index (χ1n) is 10.7. The highest BCUT2D eigenvalue weighted by Crippen LogP contribution is 2.28. The average molecular weight is 505 g/mol. The number of hydrogen-bond donors (Lipinski definition) is 2. The molecule has 1 heterocycles. The van der Waals surface area contributed by atoms with Gasteiger partial charge in [-0.2, -0.15) is 0 Å². The highest BCUT2D eigenvalue weighted by atomic mass is 35.5. The van der Waals surface area contributed by atoms with Gasteiger partial charge in [0.25, 0.3) is 5.91 Å². The number of anilines is 2. The molecule has 1 unspecified atom stereocenters. The van der Waals surface area contributed by atoms with Crippen LogP contribution in [0.5, 0.6) is 0 Å². The molecule has 0 spiro atoms. The summed E-state index contributed by atoms with van der Waals surface area (Å²) in [6, 6.07) is 15.0.